The van der Waals surface area contributed by atoms with Crippen molar-refractivity contribution in [1.82, 2.24) is 4.98 Å². The van der Waals surface area contributed by atoms with Crippen LogP contribution in [0.15, 0.2) is 18.2 Å². The number of ether oxygens (including phenoxy) is 1. The van der Waals surface area contributed by atoms with Crippen LogP contribution in [-0.4, -0.2) is 17.6 Å². The number of pyridine rings is 1. The first kappa shape index (κ1) is 9.96. The second-order valence-corrected chi connectivity index (χ2v) is 3.69. The molecule has 1 aromatic heterocycles. The lowest BCUT2D eigenvalue weighted by atomic mass is 10.2. The van der Waals surface area contributed by atoms with Gasteiger partial charge in [-0.1, -0.05) is 6.07 Å². The second-order valence-electron chi connectivity index (χ2n) is 3.69. The number of hydrogen-bond acceptors (Lipinski definition) is 4. The molecule has 2 atom stereocenters. The van der Waals surface area contributed by atoms with Gasteiger partial charge in [0.2, 0.25) is 0 Å². The SMILES string of the molecule is CCOC(=O)[C@@H]1C[C@@H]1c1cccc(N)n1. The molecule has 0 spiro atoms. The molecule has 0 aromatic carbocycles. The number of carbonyl (C=O) groups is 1. The summed E-state index contributed by atoms with van der Waals surface area (Å²) in [5, 5.41) is 0. The Morgan fingerprint density at radius 3 is 3.13 bits per heavy atom. The van der Waals surface area contributed by atoms with Gasteiger partial charge in [-0.2, -0.15) is 0 Å². The van der Waals surface area contributed by atoms with E-state index in [1.165, 1.54) is 0 Å². The van der Waals surface area contributed by atoms with Gasteiger partial charge in [-0.05, 0) is 25.5 Å². The minimum atomic E-state index is -0.119. The molecular formula is C11H14N2O2. The third kappa shape index (κ3) is 2.09. The van der Waals surface area contributed by atoms with Gasteiger partial charge < -0.3 is 10.5 Å². The molecule has 0 amide bonds. The van der Waals surface area contributed by atoms with Crippen LogP contribution in [0, 0.1) is 5.92 Å². The number of carbonyl (C=O) groups excluding carboxylic acids is 1. The molecule has 1 aliphatic carbocycles. The van der Waals surface area contributed by atoms with Crippen molar-refractivity contribution in [3.8, 4) is 0 Å². The summed E-state index contributed by atoms with van der Waals surface area (Å²) in [5.74, 6) is 0.570. The zero-order chi connectivity index (χ0) is 10.8. The lowest BCUT2D eigenvalue weighted by Crippen LogP contribution is -2.07. The zero-order valence-corrected chi connectivity index (χ0v) is 8.64. The highest BCUT2D eigenvalue weighted by Crippen LogP contribution is 2.47. The Morgan fingerprint density at radius 2 is 2.47 bits per heavy atom. The number of hydrogen-bond donors (Lipinski definition) is 1. The van der Waals surface area contributed by atoms with Gasteiger partial charge in [-0.25, -0.2) is 4.98 Å². The third-order valence-electron chi connectivity index (χ3n) is 2.55. The van der Waals surface area contributed by atoms with E-state index >= 15 is 0 Å². The first-order valence-corrected chi connectivity index (χ1v) is 5.11. The quantitative estimate of drug-likeness (QED) is 0.758. The van der Waals surface area contributed by atoms with E-state index < -0.39 is 0 Å². The van der Waals surface area contributed by atoms with Gasteiger partial charge in [-0.15, -0.1) is 0 Å². The topological polar surface area (TPSA) is 65.2 Å². The third-order valence-corrected chi connectivity index (χ3v) is 2.55. The van der Waals surface area contributed by atoms with Crippen LogP contribution in [0.2, 0.25) is 0 Å². The standard InChI is InChI=1S/C11H14N2O2/c1-2-15-11(14)8-6-7(8)9-4-3-5-10(12)13-9/h3-5,7-8H,2,6H2,1H3,(H2,12,13)/t7-,8+/m0/s1. The summed E-state index contributed by atoms with van der Waals surface area (Å²) in [7, 11) is 0. The van der Waals surface area contributed by atoms with Crippen molar-refractivity contribution in [3.63, 3.8) is 0 Å². The van der Waals surface area contributed by atoms with E-state index in [1.54, 1.807) is 6.07 Å². The molecule has 80 valence electrons. The smallest absolute Gasteiger partial charge is 0.309 e. The van der Waals surface area contributed by atoms with E-state index in [0.717, 1.165) is 12.1 Å². The van der Waals surface area contributed by atoms with Gasteiger partial charge in [0.05, 0.1) is 12.5 Å². The number of esters is 1. The first-order chi connectivity index (χ1) is 7.22. The van der Waals surface area contributed by atoms with Crippen LogP contribution in [0.5, 0.6) is 0 Å². The van der Waals surface area contributed by atoms with Crippen molar-refractivity contribution in [2.75, 3.05) is 12.3 Å². The van der Waals surface area contributed by atoms with E-state index in [0.29, 0.717) is 12.4 Å². The maximum Gasteiger partial charge on any atom is 0.309 e. The van der Waals surface area contributed by atoms with Crippen LogP contribution in [0.3, 0.4) is 0 Å². The van der Waals surface area contributed by atoms with Crippen molar-refractivity contribution in [2.45, 2.75) is 19.3 Å². The lowest BCUT2D eigenvalue weighted by Gasteiger charge is -2.01. The molecule has 0 unspecified atom stereocenters. The summed E-state index contributed by atoms with van der Waals surface area (Å²) in [6.45, 7) is 2.25. The fourth-order valence-corrected chi connectivity index (χ4v) is 1.71. The Hall–Kier alpha value is -1.58. The molecule has 1 aliphatic rings. The highest BCUT2D eigenvalue weighted by molar-refractivity contribution is 5.77. The summed E-state index contributed by atoms with van der Waals surface area (Å²) in [5.41, 5.74) is 6.47. The second kappa shape index (κ2) is 3.88. The molecule has 4 nitrogen and oxygen atoms in total. The fourth-order valence-electron chi connectivity index (χ4n) is 1.71. The van der Waals surface area contributed by atoms with E-state index in [1.807, 2.05) is 19.1 Å². The lowest BCUT2D eigenvalue weighted by molar-refractivity contribution is -0.144. The molecule has 0 radical (unpaired) electrons. The van der Waals surface area contributed by atoms with Crippen molar-refractivity contribution in [3.05, 3.63) is 23.9 Å². The van der Waals surface area contributed by atoms with Crippen molar-refractivity contribution < 1.29 is 9.53 Å². The molecule has 0 aliphatic heterocycles. The van der Waals surface area contributed by atoms with E-state index in [2.05, 4.69) is 4.98 Å². The predicted octanol–water partition coefficient (Wildman–Crippen LogP) is 1.33. The van der Waals surface area contributed by atoms with Crippen LogP contribution in [0.1, 0.15) is 25.0 Å². The Kier molecular flexibility index (Phi) is 2.58. The largest absolute Gasteiger partial charge is 0.466 e. The molecule has 1 heterocycles. The molecule has 2 rings (SSSR count). The van der Waals surface area contributed by atoms with E-state index in [4.69, 9.17) is 10.5 Å². The average molecular weight is 206 g/mol. The molecule has 4 heteroatoms. The predicted molar refractivity (Wildman–Crippen MR) is 56.1 cm³/mol. The van der Waals surface area contributed by atoms with Crippen molar-refractivity contribution in [2.24, 2.45) is 5.92 Å². The number of nitrogens with zero attached hydrogens (tertiary/aromatic N) is 1. The van der Waals surface area contributed by atoms with Crippen molar-refractivity contribution >= 4 is 11.8 Å². The minimum absolute atomic E-state index is 0.0146. The Bertz CT molecular complexity index is 379. The van der Waals surface area contributed by atoms with Gasteiger partial charge in [-0.3, -0.25) is 4.79 Å². The molecule has 15 heavy (non-hydrogen) atoms. The molecule has 1 aromatic rings. The molecule has 0 saturated heterocycles. The molecule has 2 N–H and O–H groups in total. The maximum absolute atomic E-state index is 11.4. The highest BCUT2D eigenvalue weighted by atomic mass is 16.5. The molecule has 1 fully saturated rings. The minimum Gasteiger partial charge on any atom is -0.466 e. The first-order valence-electron chi connectivity index (χ1n) is 5.11. The summed E-state index contributed by atoms with van der Waals surface area (Å²) >= 11 is 0. The van der Waals surface area contributed by atoms with Gasteiger partial charge in [0.1, 0.15) is 5.82 Å². The van der Waals surface area contributed by atoms with Crippen LogP contribution in [-0.2, 0) is 9.53 Å². The van der Waals surface area contributed by atoms with Crippen LogP contribution in [0.4, 0.5) is 5.82 Å². The summed E-state index contributed by atoms with van der Waals surface area (Å²) < 4.78 is 4.95. The van der Waals surface area contributed by atoms with Crippen LogP contribution >= 0.6 is 0 Å². The van der Waals surface area contributed by atoms with Crippen molar-refractivity contribution in [1.29, 1.82) is 0 Å². The zero-order valence-electron chi connectivity index (χ0n) is 8.64. The number of nitrogens with two attached hydrogens (primary N) is 1. The highest BCUT2D eigenvalue weighted by Gasteiger charge is 2.46. The van der Waals surface area contributed by atoms with Gasteiger partial charge in [0.15, 0.2) is 0 Å². The summed E-state index contributed by atoms with van der Waals surface area (Å²) in [4.78, 5) is 15.6. The van der Waals surface area contributed by atoms with Gasteiger partial charge >= 0.3 is 5.97 Å². The Labute approximate surface area is 88.4 Å². The van der Waals surface area contributed by atoms with Gasteiger partial charge in [0.25, 0.3) is 0 Å². The number of anilines is 1. The monoisotopic (exact) mass is 206 g/mol. The Morgan fingerprint density at radius 1 is 1.67 bits per heavy atom. The molecule has 0 bridgehead atoms. The number of rotatable bonds is 3. The van der Waals surface area contributed by atoms with E-state index in [9.17, 15) is 4.79 Å². The number of aromatic nitrogens is 1. The fraction of sp³-hybridized carbons (Fsp3) is 0.455. The van der Waals surface area contributed by atoms with Gasteiger partial charge in [0, 0.05) is 11.6 Å². The summed E-state index contributed by atoms with van der Waals surface area (Å²) in [6.07, 6.45) is 0.829. The molecule has 1 saturated carbocycles. The molecular weight excluding hydrogens is 192 g/mol. The number of nitrogen functional groups attached to an aromatic ring is 1. The van der Waals surface area contributed by atoms with E-state index in [-0.39, 0.29) is 17.8 Å². The summed E-state index contributed by atoms with van der Waals surface area (Å²) in [6, 6.07) is 5.50. The maximum atomic E-state index is 11.4. The Balaban J connectivity index is 2.01. The normalized spacial score (nSPS) is 23.5. The average Bonchev–Trinajstić information content (AvgIpc) is 2.97. The van der Waals surface area contributed by atoms with Crippen LogP contribution in [0.25, 0.3) is 0 Å². The van der Waals surface area contributed by atoms with Crippen LogP contribution < -0.4 is 5.73 Å².